The van der Waals surface area contributed by atoms with Crippen LogP contribution in [-0.2, 0) is 17.8 Å². The Morgan fingerprint density at radius 2 is 2.30 bits per heavy atom. The molecule has 0 bridgehead atoms. The fraction of sp³-hybridized carbons (Fsp3) is 0.250. The Balaban J connectivity index is 2.05. The van der Waals surface area contributed by atoms with Gasteiger partial charge in [0.1, 0.15) is 11.9 Å². The van der Waals surface area contributed by atoms with E-state index in [1.807, 2.05) is 0 Å². The smallest absolute Gasteiger partial charge is 0.320 e. The summed E-state index contributed by atoms with van der Waals surface area (Å²) in [5.74, 6) is -1.58. The van der Waals surface area contributed by atoms with Gasteiger partial charge in [-0.1, -0.05) is 22.9 Å². The SMILES string of the molecule is NC(Cc1cn(Cc2ccc(F)c(Cl)c2)nn1)C(=O)O. The molecule has 0 radical (unpaired) electrons. The van der Waals surface area contributed by atoms with Crippen LogP contribution in [0.3, 0.4) is 0 Å². The molecule has 3 N–H and O–H groups in total. The van der Waals surface area contributed by atoms with E-state index in [1.54, 1.807) is 12.3 Å². The number of aromatic nitrogens is 3. The van der Waals surface area contributed by atoms with Gasteiger partial charge >= 0.3 is 5.97 Å². The Labute approximate surface area is 119 Å². The minimum absolute atomic E-state index is 0.0377. The van der Waals surface area contributed by atoms with Gasteiger partial charge in [-0.3, -0.25) is 4.79 Å². The largest absolute Gasteiger partial charge is 0.480 e. The van der Waals surface area contributed by atoms with Gasteiger partial charge in [-0.2, -0.15) is 0 Å². The van der Waals surface area contributed by atoms with E-state index >= 15 is 0 Å². The molecule has 2 rings (SSSR count). The molecular weight excluding hydrogens is 287 g/mol. The van der Waals surface area contributed by atoms with Gasteiger partial charge < -0.3 is 10.8 Å². The first-order chi connectivity index (χ1) is 9.45. The molecule has 1 aromatic heterocycles. The number of carboxylic acid groups (broad SMARTS) is 1. The highest BCUT2D eigenvalue weighted by Gasteiger charge is 2.14. The summed E-state index contributed by atoms with van der Waals surface area (Å²) in [6, 6.07) is 3.35. The molecule has 1 heterocycles. The number of carboxylic acids is 1. The van der Waals surface area contributed by atoms with Gasteiger partial charge in [-0.05, 0) is 17.7 Å². The van der Waals surface area contributed by atoms with E-state index in [2.05, 4.69) is 10.3 Å². The van der Waals surface area contributed by atoms with E-state index in [1.165, 1.54) is 16.8 Å². The second-order valence-corrected chi connectivity index (χ2v) is 4.71. The van der Waals surface area contributed by atoms with Crippen molar-refractivity contribution in [2.75, 3.05) is 0 Å². The highest BCUT2D eigenvalue weighted by molar-refractivity contribution is 6.30. The molecule has 0 aliphatic carbocycles. The molecule has 0 saturated heterocycles. The van der Waals surface area contributed by atoms with Crippen molar-refractivity contribution in [2.24, 2.45) is 5.73 Å². The van der Waals surface area contributed by atoms with Crippen LogP contribution in [0.5, 0.6) is 0 Å². The van der Waals surface area contributed by atoms with Crippen molar-refractivity contribution in [3.05, 3.63) is 46.5 Å². The lowest BCUT2D eigenvalue weighted by Gasteiger charge is -2.03. The molecule has 0 saturated carbocycles. The van der Waals surface area contributed by atoms with E-state index in [0.29, 0.717) is 12.2 Å². The number of aliphatic carboxylic acids is 1. The third-order valence-electron chi connectivity index (χ3n) is 2.66. The Morgan fingerprint density at radius 3 is 2.95 bits per heavy atom. The monoisotopic (exact) mass is 298 g/mol. The Morgan fingerprint density at radius 1 is 1.55 bits per heavy atom. The number of nitrogens with two attached hydrogens (primary N) is 1. The van der Waals surface area contributed by atoms with Gasteiger partial charge in [-0.25, -0.2) is 9.07 Å². The standard InChI is InChI=1S/C12H12ClFN4O2/c13-9-3-7(1-2-10(9)14)5-18-6-8(16-17-18)4-11(15)12(19)20/h1-3,6,11H,4-5,15H2,(H,19,20). The van der Waals surface area contributed by atoms with E-state index in [-0.39, 0.29) is 11.4 Å². The van der Waals surface area contributed by atoms with E-state index in [4.69, 9.17) is 22.4 Å². The number of benzene rings is 1. The van der Waals surface area contributed by atoms with E-state index < -0.39 is 17.8 Å². The predicted molar refractivity (Wildman–Crippen MR) is 69.8 cm³/mol. The number of hydrogen-bond donors (Lipinski definition) is 2. The zero-order chi connectivity index (χ0) is 14.7. The summed E-state index contributed by atoms with van der Waals surface area (Å²) in [5, 5.41) is 16.4. The molecule has 1 unspecified atom stereocenters. The van der Waals surface area contributed by atoms with Gasteiger partial charge in [0.2, 0.25) is 0 Å². The van der Waals surface area contributed by atoms with Crippen LogP contribution in [0.1, 0.15) is 11.3 Å². The van der Waals surface area contributed by atoms with Gasteiger partial charge in [0.15, 0.2) is 0 Å². The molecular formula is C12H12ClFN4O2. The zero-order valence-electron chi connectivity index (χ0n) is 10.3. The molecule has 0 fully saturated rings. The van der Waals surface area contributed by atoms with Gasteiger partial charge in [-0.15, -0.1) is 5.10 Å². The number of hydrogen-bond acceptors (Lipinski definition) is 4. The summed E-state index contributed by atoms with van der Waals surface area (Å²) in [6.07, 6.45) is 1.69. The molecule has 6 nitrogen and oxygen atoms in total. The normalized spacial score (nSPS) is 12.3. The maximum absolute atomic E-state index is 13.0. The molecule has 0 aliphatic heterocycles. The molecule has 106 valence electrons. The van der Waals surface area contributed by atoms with Crippen molar-refractivity contribution < 1.29 is 14.3 Å². The molecule has 8 heteroatoms. The van der Waals surface area contributed by atoms with Gasteiger partial charge in [0, 0.05) is 12.6 Å². The lowest BCUT2D eigenvalue weighted by atomic mass is 10.2. The molecule has 1 atom stereocenters. The van der Waals surface area contributed by atoms with E-state index in [0.717, 1.165) is 5.56 Å². The van der Waals surface area contributed by atoms with Crippen LogP contribution >= 0.6 is 11.6 Å². The second-order valence-electron chi connectivity index (χ2n) is 4.30. The number of nitrogens with zero attached hydrogens (tertiary/aromatic N) is 3. The average Bonchev–Trinajstić information content (AvgIpc) is 2.81. The quantitative estimate of drug-likeness (QED) is 0.861. The highest BCUT2D eigenvalue weighted by atomic mass is 35.5. The summed E-state index contributed by atoms with van der Waals surface area (Å²) in [5.41, 5.74) is 6.65. The van der Waals surface area contributed by atoms with Crippen molar-refractivity contribution in [3.8, 4) is 0 Å². The minimum atomic E-state index is -1.09. The first-order valence-electron chi connectivity index (χ1n) is 5.77. The van der Waals surface area contributed by atoms with Crippen LogP contribution in [0.15, 0.2) is 24.4 Å². The summed E-state index contributed by atoms with van der Waals surface area (Å²) < 4.78 is 14.5. The van der Waals surface area contributed by atoms with Gasteiger partial charge in [0.25, 0.3) is 0 Å². The van der Waals surface area contributed by atoms with E-state index in [9.17, 15) is 9.18 Å². The lowest BCUT2D eigenvalue weighted by Crippen LogP contribution is -2.32. The lowest BCUT2D eigenvalue weighted by molar-refractivity contribution is -0.138. The van der Waals surface area contributed by atoms with Crippen LogP contribution in [-0.4, -0.2) is 32.1 Å². The summed E-state index contributed by atoms with van der Waals surface area (Å²) in [6.45, 7) is 0.356. The predicted octanol–water partition coefficient (Wildman–Crippen LogP) is 1.07. The molecule has 0 spiro atoms. The molecule has 2 aromatic rings. The van der Waals surface area contributed by atoms with Crippen LogP contribution in [0.25, 0.3) is 0 Å². The van der Waals surface area contributed by atoms with Crippen molar-refractivity contribution in [1.29, 1.82) is 0 Å². The molecule has 0 aliphatic rings. The topological polar surface area (TPSA) is 94.0 Å². The fourth-order valence-corrected chi connectivity index (χ4v) is 1.85. The number of carbonyl (C=O) groups is 1. The van der Waals surface area contributed by atoms with Crippen molar-refractivity contribution >= 4 is 17.6 Å². The first-order valence-corrected chi connectivity index (χ1v) is 6.15. The summed E-state index contributed by atoms with van der Waals surface area (Å²) >= 11 is 5.69. The minimum Gasteiger partial charge on any atom is -0.480 e. The van der Waals surface area contributed by atoms with Gasteiger partial charge in [0.05, 0.1) is 17.3 Å². The maximum Gasteiger partial charge on any atom is 0.320 e. The first kappa shape index (κ1) is 14.4. The highest BCUT2D eigenvalue weighted by Crippen LogP contribution is 2.16. The molecule has 0 amide bonds. The summed E-state index contributed by atoms with van der Waals surface area (Å²) in [7, 11) is 0. The van der Waals surface area contributed by atoms with Crippen molar-refractivity contribution in [1.82, 2.24) is 15.0 Å². The molecule has 20 heavy (non-hydrogen) atoms. The maximum atomic E-state index is 13.0. The molecule has 1 aromatic carbocycles. The third kappa shape index (κ3) is 3.52. The van der Waals surface area contributed by atoms with Crippen molar-refractivity contribution in [2.45, 2.75) is 19.0 Å². The van der Waals surface area contributed by atoms with Crippen molar-refractivity contribution in [3.63, 3.8) is 0 Å². The Hall–Kier alpha value is -1.99. The number of rotatable bonds is 5. The zero-order valence-corrected chi connectivity index (χ0v) is 11.1. The second kappa shape index (κ2) is 5.98. The number of halogens is 2. The Bertz CT molecular complexity index is 632. The van der Waals surface area contributed by atoms with Crippen LogP contribution < -0.4 is 5.73 Å². The van der Waals surface area contributed by atoms with Crippen LogP contribution in [0, 0.1) is 5.82 Å². The average molecular weight is 299 g/mol. The van der Waals surface area contributed by atoms with Crippen LogP contribution in [0.2, 0.25) is 5.02 Å². The summed E-state index contributed by atoms with van der Waals surface area (Å²) in [4.78, 5) is 10.6. The van der Waals surface area contributed by atoms with Crippen LogP contribution in [0.4, 0.5) is 4.39 Å². The Kier molecular flexibility index (Phi) is 4.31. The third-order valence-corrected chi connectivity index (χ3v) is 2.95. The fourth-order valence-electron chi connectivity index (χ4n) is 1.65.